The molecule has 2 aromatic rings. The van der Waals surface area contributed by atoms with Crippen LogP contribution in [0.2, 0.25) is 0 Å². The number of nitrogens with two attached hydrogens (primary N) is 1. The van der Waals surface area contributed by atoms with Crippen molar-refractivity contribution in [3.05, 3.63) is 59.4 Å². The minimum Gasteiger partial charge on any atom is -0.489 e. The maximum atomic E-state index is 13.6. The summed E-state index contributed by atoms with van der Waals surface area (Å²) in [6, 6.07) is 12.5. The molecule has 0 spiro atoms. The van der Waals surface area contributed by atoms with Crippen molar-refractivity contribution in [3.8, 4) is 5.75 Å². The highest BCUT2D eigenvalue weighted by Gasteiger charge is 2.13. The maximum Gasteiger partial charge on any atom is 0.131 e. The Kier molecular flexibility index (Phi) is 3.98. The first-order valence-electron chi connectivity index (χ1n) is 6.64. The van der Waals surface area contributed by atoms with Crippen LogP contribution in [0.15, 0.2) is 42.5 Å². The molecule has 0 saturated heterocycles. The quantitative estimate of drug-likeness (QED) is 0.847. The van der Waals surface area contributed by atoms with Gasteiger partial charge >= 0.3 is 0 Å². The van der Waals surface area contributed by atoms with Gasteiger partial charge in [0.25, 0.3) is 0 Å². The molecule has 0 aromatic heterocycles. The molecular weight excluding hydrogens is 253 g/mol. The number of halogens is 1. The average Bonchev–Trinajstić information content (AvgIpc) is 2.37. The number of rotatable bonds is 3. The van der Waals surface area contributed by atoms with Crippen LogP contribution in [0.3, 0.4) is 0 Å². The van der Waals surface area contributed by atoms with E-state index in [0.29, 0.717) is 17.0 Å². The van der Waals surface area contributed by atoms with Gasteiger partial charge in [-0.25, -0.2) is 4.39 Å². The van der Waals surface area contributed by atoms with Crippen molar-refractivity contribution in [3.63, 3.8) is 0 Å². The third-order valence-electron chi connectivity index (χ3n) is 3.26. The van der Waals surface area contributed by atoms with Crippen LogP contribution in [0.1, 0.15) is 31.9 Å². The second kappa shape index (κ2) is 5.53. The Labute approximate surface area is 119 Å². The standard InChI is InChI=1S/C17H20FNO/c1-17(2,3)12-7-9-13(10-8-12)20-11-14-15(18)5-4-6-16(14)19/h4-10H,11,19H2,1-3H3. The minimum atomic E-state index is -0.337. The monoisotopic (exact) mass is 273 g/mol. The first-order chi connectivity index (χ1) is 9.38. The molecule has 0 amide bonds. The smallest absolute Gasteiger partial charge is 0.131 e. The molecule has 20 heavy (non-hydrogen) atoms. The Hall–Kier alpha value is -2.03. The highest BCUT2D eigenvalue weighted by molar-refractivity contribution is 5.47. The second-order valence-electron chi connectivity index (χ2n) is 5.87. The topological polar surface area (TPSA) is 35.2 Å². The van der Waals surface area contributed by atoms with Crippen molar-refractivity contribution < 1.29 is 9.13 Å². The molecule has 0 unspecified atom stereocenters. The fourth-order valence-electron chi connectivity index (χ4n) is 1.93. The van der Waals surface area contributed by atoms with Crippen LogP contribution >= 0.6 is 0 Å². The molecule has 106 valence electrons. The van der Waals surface area contributed by atoms with E-state index in [2.05, 4.69) is 20.8 Å². The maximum absolute atomic E-state index is 13.6. The van der Waals surface area contributed by atoms with E-state index in [9.17, 15) is 4.39 Å². The van der Waals surface area contributed by atoms with Gasteiger partial charge in [0.2, 0.25) is 0 Å². The summed E-state index contributed by atoms with van der Waals surface area (Å²) in [5, 5.41) is 0. The Balaban J connectivity index is 2.08. The van der Waals surface area contributed by atoms with E-state index < -0.39 is 0 Å². The van der Waals surface area contributed by atoms with Gasteiger partial charge < -0.3 is 10.5 Å². The molecule has 0 fully saturated rings. The summed E-state index contributed by atoms with van der Waals surface area (Å²) >= 11 is 0. The van der Waals surface area contributed by atoms with Crippen molar-refractivity contribution in [2.45, 2.75) is 32.8 Å². The van der Waals surface area contributed by atoms with E-state index >= 15 is 0 Å². The predicted octanol–water partition coefficient (Wildman–Crippen LogP) is 4.28. The van der Waals surface area contributed by atoms with E-state index in [1.54, 1.807) is 12.1 Å². The molecule has 0 aliphatic rings. The van der Waals surface area contributed by atoms with Gasteiger partial charge in [-0.2, -0.15) is 0 Å². The summed E-state index contributed by atoms with van der Waals surface area (Å²) in [5.74, 6) is 0.372. The molecule has 0 aliphatic carbocycles. The van der Waals surface area contributed by atoms with Gasteiger partial charge in [-0.1, -0.05) is 39.0 Å². The highest BCUT2D eigenvalue weighted by Crippen LogP contribution is 2.25. The lowest BCUT2D eigenvalue weighted by molar-refractivity contribution is 0.300. The minimum absolute atomic E-state index is 0.106. The molecule has 0 atom stereocenters. The third kappa shape index (κ3) is 3.29. The molecule has 0 aliphatic heterocycles. The van der Waals surface area contributed by atoms with Crippen LogP contribution in [0.5, 0.6) is 5.75 Å². The van der Waals surface area contributed by atoms with Crippen LogP contribution in [0.4, 0.5) is 10.1 Å². The summed E-state index contributed by atoms with van der Waals surface area (Å²) in [6.07, 6.45) is 0. The fraction of sp³-hybridized carbons (Fsp3) is 0.294. The van der Waals surface area contributed by atoms with E-state index in [1.165, 1.54) is 11.6 Å². The molecule has 2 aromatic carbocycles. The molecule has 2 nitrogen and oxygen atoms in total. The first-order valence-corrected chi connectivity index (χ1v) is 6.64. The third-order valence-corrected chi connectivity index (χ3v) is 3.26. The van der Waals surface area contributed by atoms with Crippen molar-refractivity contribution in [2.75, 3.05) is 5.73 Å². The molecule has 0 radical (unpaired) electrons. The Bertz CT molecular complexity index is 565. The number of ether oxygens (including phenoxy) is 1. The molecule has 0 bridgehead atoms. The molecule has 0 saturated carbocycles. The molecule has 3 heteroatoms. The number of anilines is 1. The first kappa shape index (κ1) is 14.4. The van der Waals surface area contributed by atoms with Crippen molar-refractivity contribution in [1.82, 2.24) is 0 Å². The Morgan fingerprint density at radius 3 is 2.25 bits per heavy atom. The van der Waals surface area contributed by atoms with Crippen LogP contribution in [-0.4, -0.2) is 0 Å². The Morgan fingerprint density at radius 1 is 1.05 bits per heavy atom. The summed E-state index contributed by atoms with van der Waals surface area (Å²) in [4.78, 5) is 0. The number of benzene rings is 2. The predicted molar refractivity (Wildman–Crippen MR) is 80.3 cm³/mol. The van der Waals surface area contributed by atoms with Crippen LogP contribution in [0, 0.1) is 5.82 Å². The zero-order valence-electron chi connectivity index (χ0n) is 12.1. The largest absolute Gasteiger partial charge is 0.489 e. The lowest BCUT2D eigenvalue weighted by atomic mass is 9.87. The number of hydrogen-bond acceptors (Lipinski definition) is 2. The van der Waals surface area contributed by atoms with E-state index in [1.807, 2.05) is 24.3 Å². The van der Waals surface area contributed by atoms with Crippen molar-refractivity contribution >= 4 is 5.69 Å². The SMILES string of the molecule is CC(C)(C)c1ccc(OCc2c(N)cccc2F)cc1. The van der Waals surface area contributed by atoms with Gasteiger partial charge in [0.15, 0.2) is 0 Å². The number of nitrogen functional groups attached to an aromatic ring is 1. The van der Waals surface area contributed by atoms with E-state index in [4.69, 9.17) is 10.5 Å². The van der Waals surface area contributed by atoms with Crippen molar-refractivity contribution in [2.24, 2.45) is 0 Å². The highest BCUT2D eigenvalue weighted by atomic mass is 19.1. The zero-order valence-corrected chi connectivity index (χ0v) is 12.1. The zero-order chi connectivity index (χ0) is 14.8. The van der Waals surface area contributed by atoms with Gasteiger partial charge in [0.1, 0.15) is 18.2 Å². The van der Waals surface area contributed by atoms with Gasteiger partial charge in [0, 0.05) is 11.3 Å². The summed E-state index contributed by atoms with van der Waals surface area (Å²) in [6.45, 7) is 6.60. The van der Waals surface area contributed by atoms with Gasteiger partial charge in [-0.15, -0.1) is 0 Å². The molecule has 2 N–H and O–H groups in total. The van der Waals surface area contributed by atoms with Gasteiger partial charge in [0.05, 0.1) is 0 Å². The van der Waals surface area contributed by atoms with Gasteiger partial charge in [-0.05, 0) is 35.2 Å². The fourth-order valence-corrected chi connectivity index (χ4v) is 1.93. The normalized spacial score (nSPS) is 11.4. The molecule has 0 heterocycles. The van der Waals surface area contributed by atoms with E-state index in [-0.39, 0.29) is 17.8 Å². The number of hydrogen-bond donors (Lipinski definition) is 1. The second-order valence-corrected chi connectivity index (χ2v) is 5.87. The van der Waals surface area contributed by atoms with Crippen molar-refractivity contribution in [1.29, 1.82) is 0 Å². The molecular formula is C17H20FNO. The Morgan fingerprint density at radius 2 is 1.70 bits per heavy atom. The van der Waals surface area contributed by atoms with E-state index in [0.717, 1.165) is 0 Å². The summed E-state index contributed by atoms with van der Waals surface area (Å²) in [5.41, 5.74) is 7.89. The van der Waals surface area contributed by atoms with Gasteiger partial charge in [-0.3, -0.25) is 0 Å². The van der Waals surface area contributed by atoms with Crippen LogP contribution in [-0.2, 0) is 12.0 Å². The lowest BCUT2D eigenvalue weighted by Gasteiger charge is -2.19. The average molecular weight is 273 g/mol. The lowest BCUT2D eigenvalue weighted by Crippen LogP contribution is -2.10. The van der Waals surface area contributed by atoms with Crippen LogP contribution in [0.25, 0.3) is 0 Å². The summed E-state index contributed by atoms with van der Waals surface area (Å²) in [7, 11) is 0. The molecule has 2 rings (SSSR count). The summed E-state index contributed by atoms with van der Waals surface area (Å²) < 4.78 is 19.2. The van der Waals surface area contributed by atoms with Crippen LogP contribution < -0.4 is 10.5 Å².